The first-order valence-corrected chi connectivity index (χ1v) is 12.0. The van der Waals surface area contributed by atoms with Crippen LogP contribution in [0.3, 0.4) is 0 Å². The number of amides is 2. The maximum absolute atomic E-state index is 13.9. The lowest BCUT2D eigenvalue weighted by atomic mass is 9.71. The van der Waals surface area contributed by atoms with Crippen molar-refractivity contribution in [2.45, 2.75) is 51.0 Å². The van der Waals surface area contributed by atoms with E-state index in [1.165, 1.54) is 0 Å². The maximum Gasteiger partial charge on any atom is 0.233 e. The average molecular weight is 451 g/mol. The van der Waals surface area contributed by atoms with E-state index in [0.29, 0.717) is 45.6 Å². The van der Waals surface area contributed by atoms with Crippen LogP contribution in [0.2, 0.25) is 0 Å². The molecule has 2 fully saturated rings. The summed E-state index contributed by atoms with van der Waals surface area (Å²) < 4.78 is 11.9. The van der Waals surface area contributed by atoms with Gasteiger partial charge < -0.3 is 19.3 Å². The summed E-state index contributed by atoms with van der Waals surface area (Å²) in [6.07, 6.45) is 2.96. The molecule has 0 saturated carbocycles. The number of carbonyl (C=O) groups is 2. The predicted molar refractivity (Wildman–Crippen MR) is 127 cm³/mol. The van der Waals surface area contributed by atoms with Crippen molar-refractivity contribution in [1.29, 1.82) is 0 Å². The van der Waals surface area contributed by atoms with Crippen LogP contribution in [-0.2, 0) is 15.0 Å². The summed E-state index contributed by atoms with van der Waals surface area (Å²) in [4.78, 5) is 29.7. The summed E-state index contributed by atoms with van der Waals surface area (Å²) in [6.45, 7) is 6.73. The van der Waals surface area contributed by atoms with E-state index < -0.39 is 5.41 Å². The summed E-state index contributed by atoms with van der Waals surface area (Å²) in [5.41, 5.74) is 0.491. The number of benzene rings is 2. The highest BCUT2D eigenvalue weighted by Crippen LogP contribution is 2.38. The molecule has 0 unspecified atom stereocenters. The molecule has 33 heavy (non-hydrogen) atoms. The molecule has 2 saturated heterocycles. The molecular formula is C27H34N2O4. The predicted octanol–water partition coefficient (Wildman–Crippen LogP) is 4.04. The zero-order valence-electron chi connectivity index (χ0n) is 19.7. The van der Waals surface area contributed by atoms with Crippen molar-refractivity contribution in [1.82, 2.24) is 9.80 Å². The van der Waals surface area contributed by atoms with E-state index >= 15 is 0 Å². The summed E-state index contributed by atoms with van der Waals surface area (Å²) in [7, 11) is 0. The van der Waals surface area contributed by atoms with Crippen molar-refractivity contribution >= 4 is 11.8 Å². The van der Waals surface area contributed by atoms with Crippen LogP contribution in [0, 0.1) is 0 Å². The Morgan fingerprint density at radius 3 is 2.09 bits per heavy atom. The van der Waals surface area contributed by atoms with Crippen molar-refractivity contribution in [2.24, 2.45) is 0 Å². The van der Waals surface area contributed by atoms with Crippen molar-refractivity contribution in [3.05, 3.63) is 60.2 Å². The number of ether oxygens (including phenoxy) is 2. The highest BCUT2D eigenvalue weighted by molar-refractivity contribution is 5.89. The van der Waals surface area contributed by atoms with Crippen LogP contribution in [0.4, 0.5) is 0 Å². The van der Waals surface area contributed by atoms with E-state index in [1.807, 2.05) is 59.2 Å². The van der Waals surface area contributed by atoms with Gasteiger partial charge in [0.1, 0.15) is 6.10 Å². The quantitative estimate of drug-likeness (QED) is 0.667. The van der Waals surface area contributed by atoms with E-state index in [2.05, 4.69) is 12.1 Å². The van der Waals surface area contributed by atoms with Gasteiger partial charge in [0, 0.05) is 45.9 Å². The molecule has 2 aromatic rings. The van der Waals surface area contributed by atoms with Gasteiger partial charge >= 0.3 is 0 Å². The molecule has 2 amide bonds. The Morgan fingerprint density at radius 2 is 1.48 bits per heavy atom. The fourth-order valence-corrected chi connectivity index (χ4v) is 5.07. The lowest BCUT2D eigenvalue weighted by molar-refractivity contribution is -0.144. The summed E-state index contributed by atoms with van der Waals surface area (Å²) in [5, 5.41) is 0. The summed E-state index contributed by atoms with van der Waals surface area (Å²) in [5.74, 6) is 1.79. The molecule has 0 radical (unpaired) electrons. The minimum absolute atomic E-state index is 0.0582. The normalized spacial score (nSPS) is 18.6. The molecular weight excluding hydrogens is 416 g/mol. The van der Waals surface area contributed by atoms with Gasteiger partial charge in [-0.05, 0) is 37.5 Å². The topological polar surface area (TPSA) is 59.1 Å². The van der Waals surface area contributed by atoms with Gasteiger partial charge in [-0.1, -0.05) is 42.5 Å². The first-order valence-electron chi connectivity index (χ1n) is 12.0. The van der Waals surface area contributed by atoms with Crippen LogP contribution in [0.1, 0.15) is 45.1 Å². The Balaban J connectivity index is 1.44. The molecule has 0 spiro atoms. The third kappa shape index (κ3) is 5.00. The number of likely N-dealkylation sites (tertiary alicyclic amines) is 2. The van der Waals surface area contributed by atoms with Crippen LogP contribution < -0.4 is 9.47 Å². The number of para-hydroxylation sites is 2. The van der Waals surface area contributed by atoms with Crippen molar-refractivity contribution < 1.29 is 19.1 Å². The van der Waals surface area contributed by atoms with Gasteiger partial charge in [0.15, 0.2) is 11.5 Å². The van der Waals surface area contributed by atoms with Crippen LogP contribution in [0.5, 0.6) is 11.5 Å². The van der Waals surface area contributed by atoms with E-state index in [1.54, 1.807) is 6.92 Å². The van der Waals surface area contributed by atoms with Gasteiger partial charge in [0.2, 0.25) is 11.8 Å². The molecule has 0 bridgehead atoms. The number of hydrogen-bond donors (Lipinski definition) is 0. The van der Waals surface area contributed by atoms with Crippen LogP contribution >= 0.6 is 0 Å². The lowest BCUT2D eigenvalue weighted by Crippen LogP contribution is -2.55. The van der Waals surface area contributed by atoms with E-state index in [4.69, 9.17) is 9.47 Å². The molecule has 6 heteroatoms. The van der Waals surface area contributed by atoms with Crippen LogP contribution in [0.15, 0.2) is 54.6 Å². The number of hydrogen-bond acceptors (Lipinski definition) is 4. The van der Waals surface area contributed by atoms with Crippen molar-refractivity contribution in [3.8, 4) is 11.5 Å². The number of rotatable bonds is 6. The first-order chi connectivity index (χ1) is 16.0. The maximum atomic E-state index is 13.9. The monoisotopic (exact) mass is 450 g/mol. The lowest BCUT2D eigenvalue weighted by Gasteiger charge is -2.44. The second-order valence-electron chi connectivity index (χ2n) is 8.94. The third-order valence-electron chi connectivity index (χ3n) is 6.97. The minimum atomic E-state index is -0.567. The molecule has 0 atom stereocenters. The second-order valence-corrected chi connectivity index (χ2v) is 8.94. The standard InChI is InChI=1S/C27H34N2O4/c1-3-32-24-11-7-8-12-25(24)33-23-13-17-29(18-14-23)26(31)27(22-9-5-4-6-10-22)15-19-28(20-16-27)21(2)30/h4-12,23H,3,13-20H2,1-2H3. The molecule has 176 valence electrons. The van der Waals surface area contributed by atoms with Crippen molar-refractivity contribution in [2.75, 3.05) is 32.8 Å². The van der Waals surface area contributed by atoms with E-state index in [-0.39, 0.29) is 17.9 Å². The fourth-order valence-electron chi connectivity index (χ4n) is 5.07. The molecule has 4 rings (SSSR count). The van der Waals surface area contributed by atoms with E-state index in [9.17, 15) is 9.59 Å². The highest BCUT2D eigenvalue weighted by Gasteiger charge is 2.46. The smallest absolute Gasteiger partial charge is 0.233 e. The molecule has 2 heterocycles. The molecule has 0 aliphatic carbocycles. The Kier molecular flexibility index (Phi) is 7.21. The zero-order chi connectivity index (χ0) is 23.3. The summed E-state index contributed by atoms with van der Waals surface area (Å²) >= 11 is 0. The van der Waals surface area contributed by atoms with Crippen LogP contribution in [-0.4, -0.2) is 60.5 Å². The Labute approximate surface area is 196 Å². The van der Waals surface area contributed by atoms with Gasteiger partial charge in [-0.15, -0.1) is 0 Å². The number of piperidine rings is 2. The molecule has 0 aromatic heterocycles. The SMILES string of the molecule is CCOc1ccccc1OC1CCN(C(=O)C2(c3ccccc3)CCN(C(C)=O)CC2)CC1. The molecule has 2 aromatic carbocycles. The molecule has 2 aliphatic heterocycles. The highest BCUT2D eigenvalue weighted by atomic mass is 16.5. The van der Waals surface area contributed by atoms with Crippen LogP contribution in [0.25, 0.3) is 0 Å². The second kappa shape index (κ2) is 10.3. The largest absolute Gasteiger partial charge is 0.490 e. The van der Waals surface area contributed by atoms with Crippen molar-refractivity contribution in [3.63, 3.8) is 0 Å². The minimum Gasteiger partial charge on any atom is -0.490 e. The van der Waals surface area contributed by atoms with Gasteiger partial charge in [-0.2, -0.15) is 0 Å². The molecule has 2 aliphatic rings. The van der Waals surface area contributed by atoms with E-state index in [0.717, 1.165) is 29.9 Å². The molecule has 0 N–H and O–H groups in total. The molecule has 6 nitrogen and oxygen atoms in total. The average Bonchev–Trinajstić information content (AvgIpc) is 2.86. The Hall–Kier alpha value is -3.02. The summed E-state index contributed by atoms with van der Waals surface area (Å²) in [6, 6.07) is 17.9. The fraction of sp³-hybridized carbons (Fsp3) is 0.481. The van der Waals surface area contributed by atoms with Gasteiger partial charge in [0.25, 0.3) is 0 Å². The Morgan fingerprint density at radius 1 is 0.879 bits per heavy atom. The van der Waals surface area contributed by atoms with Gasteiger partial charge in [-0.25, -0.2) is 0 Å². The third-order valence-corrected chi connectivity index (χ3v) is 6.97. The number of carbonyl (C=O) groups excluding carboxylic acids is 2. The number of nitrogens with zero attached hydrogens (tertiary/aromatic N) is 2. The van der Waals surface area contributed by atoms with Gasteiger partial charge in [0.05, 0.1) is 12.0 Å². The zero-order valence-corrected chi connectivity index (χ0v) is 19.7. The Bertz CT molecular complexity index is 946. The van der Waals surface area contributed by atoms with Gasteiger partial charge in [-0.3, -0.25) is 9.59 Å². The first kappa shape index (κ1) is 23.1.